The quantitative estimate of drug-likeness (QED) is 0.624. The van der Waals surface area contributed by atoms with Gasteiger partial charge in [-0.25, -0.2) is 0 Å². The fourth-order valence-electron chi connectivity index (χ4n) is 2.86. The molecule has 3 heteroatoms. The van der Waals surface area contributed by atoms with E-state index >= 15 is 0 Å². The minimum Gasteiger partial charge on any atom is -0.372 e. The van der Waals surface area contributed by atoms with E-state index in [1.54, 1.807) is 19.1 Å². The molecule has 0 aliphatic carbocycles. The number of Topliss-reactive ketones (excluding diaryl/α,β-unsaturated/α-hetero) is 2. The van der Waals surface area contributed by atoms with Crippen molar-refractivity contribution in [2.75, 3.05) is 5.32 Å². The predicted octanol–water partition coefficient (Wildman–Crippen LogP) is 4.85. The summed E-state index contributed by atoms with van der Waals surface area (Å²) in [5, 5.41) is 3.32. The molecule has 0 aliphatic rings. The third-order valence-electron chi connectivity index (χ3n) is 4.28. The van der Waals surface area contributed by atoms with Crippen LogP contribution in [0.2, 0.25) is 0 Å². The van der Waals surface area contributed by atoms with Crippen LogP contribution in [0.25, 0.3) is 0 Å². The lowest BCUT2D eigenvalue weighted by Crippen LogP contribution is -2.22. The van der Waals surface area contributed by atoms with Gasteiger partial charge in [0.1, 0.15) is 6.04 Å². The first-order valence-corrected chi connectivity index (χ1v) is 8.62. The van der Waals surface area contributed by atoms with Gasteiger partial charge in [0.2, 0.25) is 0 Å². The second kappa shape index (κ2) is 8.26. The smallest absolute Gasteiger partial charge is 0.163 e. The standard InChI is InChI=1S/C23H21NO2/c1-17(25)19-12-14-21(15-13-19)24-23(20-10-6-3-7-11-20)22(26)16-18-8-4-2-5-9-18/h2-15,23-24H,16H2,1H3. The monoisotopic (exact) mass is 343 g/mol. The molecule has 0 saturated carbocycles. The van der Waals surface area contributed by atoms with Crippen LogP contribution in [0.15, 0.2) is 84.9 Å². The van der Waals surface area contributed by atoms with Crippen LogP contribution in [-0.4, -0.2) is 11.6 Å². The Morgan fingerprint density at radius 3 is 1.96 bits per heavy atom. The average Bonchev–Trinajstić information content (AvgIpc) is 2.68. The van der Waals surface area contributed by atoms with E-state index in [2.05, 4.69) is 5.32 Å². The van der Waals surface area contributed by atoms with Crippen LogP contribution in [-0.2, 0) is 11.2 Å². The molecule has 0 amide bonds. The zero-order valence-corrected chi connectivity index (χ0v) is 14.7. The van der Waals surface area contributed by atoms with Gasteiger partial charge in [-0.15, -0.1) is 0 Å². The van der Waals surface area contributed by atoms with Gasteiger partial charge in [0.25, 0.3) is 0 Å². The zero-order valence-electron chi connectivity index (χ0n) is 14.7. The Morgan fingerprint density at radius 1 is 0.808 bits per heavy atom. The number of hydrogen-bond donors (Lipinski definition) is 1. The predicted molar refractivity (Wildman–Crippen MR) is 104 cm³/mol. The average molecular weight is 343 g/mol. The van der Waals surface area contributed by atoms with Gasteiger partial charge < -0.3 is 5.32 Å². The fraction of sp³-hybridized carbons (Fsp3) is 0.130. The number of rotatable bonds is 7. The molecular weight excluding hydrogens is 322 g/mol. The van der Waals surface area contributed by atoms with Crippen LogP contribution in [0.3, 0.4) is 0 Å². The van der Waals surface area contributed by atoms with E-state index in [1.807, 2.05) is 72.8 Å². The third kappa shape index (κ3) is 4.45. The highest BCUT2D eigenvalue weighted by Gasteiger charge is 2.20. The second-order valence-corrected chi connectivity index (χ2v) is 6.25. The summed E-state index contributed by atoms with van der Waals surface area (Å²) in [4.78, 5) is 24.4. The minimum atomic E-state index is -0.445. The maximum Gasteiger partial charge on any atom is 0.163 e. The summed E-state index contributed by atoms with van der Waals surface area (Å²) in [6.45, 7) is 1.54. The SMILES string of the molecule is CC(=O)c1ccc(NC(C(=O)Cc2ccccc2)c2ccccc2)cc1. The molecule has 3 rings (SSSR count). The Hall–Kier alpha value is -3.20. The number of anilines is 1. The molecule has 0 spiro atoms. The van der Waals surface area contributed by atoms with Gasteiger partial charge >= 0.3 is 0 Å². The summed E-state index contributed by atoms with van der Waals surface area (Å²) in [6, 6.07) is 26.2. The Morgan fingerprint density at radius 2 is 1.38 bits per heavy atom. The molecule has 3 aromatic carbocycles. The first kappa shape index (κ1) is 17.6. The van der Waals surface area contributed by atoms with E-state index < -0.39 is 6.04 Å². The summed E-state index contributed by atoms with van der Waals surface area (Å²) < 4.78 is 0. The molecule has 0 aromatic heterocycles. The Balaban J connectivity index is 1.84. The molecule has 130 valence electrons. The van der Waals surface area contributed by atoms with Gasteiger partial charge in [-0.05, 0) is 42.3 Å². The summed E-state index contributed by atoms with van der Waals surface area (Å²) in [6.07, 6.45) is 0.360. The Bertz CT molecular complexity index is 871. The number of benzene rings is 3. The van der Waals surface area contributed by atoms with Crippen molar-refractivity contribution >= 4 is 17.3 Å². The van der Waals surface area contributed by atoms with Crippen LogP contribution >= 0.6 is 0 Å². The maximum absolute atomic E-state index is 13.0. The van der Waals surface area contributed by atoms with Crippen molar-refractivity contribution in [3.8, 4) is 0 Å². The van der Waals surface area contributed by atoms with E-state index in [-0.39, 0.29) is 11.6 Å². The summed E-state index contributed by atoms with van der Waals surface area (Å²) in [5.74, 6) is 0.120. The second-order valence-electron chi connectivity index (χ2n) is 6.25. The molecule has 0 radical (unpaired) electrons. The van der Waals surface area contributed by atoms with Crippen molar-refractivity contribution in [1.29, 1.82) is 0 Å². The molecule has 1 N–H and O–H groups in total. The Labute approximate surface area is 153 Å². The molecule has 0 fully saturated rings. The third-order valence-corrected chi connectivity index (χ3v) is 4.28. The molecule has 3 nitrogen and oxygen atoms in total. The summed E-state index contributed by atoms with van der Waals surface area (Å²) in [7, 11) is 0. The van der Waals surface area contributed by atoms with Crippen molar-refractivity contribution < 1.29 is 9.59 Å². The van der Waals surface area contributed by atoms with Crippen LogP contribution < -0.4 is 5.32 Å². The van der Waals surface area contributed by atoms with Crippen molar-refractivity contribution in [3.05, 3.63) is 102 Å². The highest BCUT2D eigenvalue weighted by atomic mass is 16.1. The van der Waals surface area contributed by atoms with Gasteiger partial charge in [0.15, 0.2) is 11.6 Å². The molecule has 26 heavy (non-hydrogen) atoms. The zero-order chi connectivity index (χ0) is 18.4. The summed E-state index contributed by atoms with van der Waals surface area (Å²) in [5.41, 5.74) is 3.38. The van der Waals surface area contributed by atoms with Crippen molar-refractivity contribution in [2.45, 2.75) is 19.4 Å². The van der Waals surface area contributed by atoms with Gasteiger partial charge in [0, 0.05) is 17.7 Å². The number of hydrogen-bond acceptors (Lipinski definition) is 3. The van der Waals surface area contributed by atoms with E-state index in [1.165, 1.54) is 0 Å². The number of carbonyl (C=O) groups excluding carboxylic acids is 2. The lowest BCUT2D eigenvalue weighted by Gasteiger charge is -2.20. The summed E-state index contributed by atoms with van der Waals surface area (Å²) >= 11 is 0. The van der Waals surface area contributed by atoms with Crippen molar-refractivity contribution in [3.63, 3.8) is 0 Å². The van der Waals surface area contributed by atoms with E-state index in [9.17, 15) is 9.59 Å². The first-order valence-electron chi connectivity index (χ1n) is 8.62. The number of carbonyl (C=O) groups is 2. The molecule has 0 aliphatic heterocycles. The van der Waals surface area contributed by atoms with Crippen LogP contribution in [0.5, 0.6) is 0 Å². The lowest BCUT2D eigenvalue weighted by atomic mass is 9.97. The molecule has 0 heterocycles. The largest absolute Gasteiger partial charge is 0.372 e. The number of ketones is 2. The topological polar surface area (TPSA) is 46.2 Å². The fourth-order valence-corrected chi connectivity index (χ4v) is 2.86. The molecule has 1 atom stereocenters. The highest BCUT2D eigenvalue weighted by molar-refractivity contribution is 5.94. The van der Waals surface area contributed by atoms with E-state index in [0.717, 1.165) is 16.8 Å². The molecule has 1 unspecified atom stereocenters. The lowest BCUT2D eigenvalue weighted by molar-refractivity contribution is -0.119. The maximum atomic E-state index is 13.0. The molecule has 3 aromatic rings. The molecule has 0 bridgehead atoms. The Kier molecular flexibility index (Phi) is 5.59. The van der Waals surface area contributed by atoms with Gasteiger partial charge in [-0.3, -0.25) is 9.59 Å². The number of nitrogens with one attached hydrogen (secondary N) is 1. The normalized spacial score (nSPS) is 11.6. The van der Waals surface area contributed by atoms with Crippen LogP contribution in [0, 0.1) is 0 Å². The van der Waals surface area contributed by atoms with Crippen LogP contribution in [0.4, 0.5) is 5.69 Å². The molecular formula is C23H21NO2. The van der Waals surface area contributed by atoms with Crippen molar-refractivity contribution in [2.24, 2.45) is 0 Å². The van der Waals surface area contributed by atoms with Gasteiger partial charge in [-0.2, -0.15) is 0 Å². The van der Waals surface area contributed by atoms with E-state index in [0.29, 0.717) is 12.0 Å². The van der Waals surface area contributed by atoms with E-state index in [4.69, 9.17) is 0 Å². The van der Waals surface area contributed by atoms with Gasteiger partial charge in [0.05, 0.1) is 0 Å². The first-order chi connectivity index (χ1) is 12.6. The van der Waals surface area contributed by atoms with Crippen molar-refractivity contribution in [1.82, 2.24) is 0 Å². The molecule has 0 saturated heterocycles. The van der Waals surface area contributed by atoms with Crippen LogP contribution in [0.1, 0.15) is 34.5 Å². The minimum absolute atomic E-state index is 0.0244. The van der Waals surface area contributed by atoms with Gasteiger partial charge in [-0.1, -0.05) is 60.7 Å². The highest BCUT2D eigenvalue weighted by Crippen LogP contribution is 2.22.